The third-order valence-electron chi connectivity index (χ3n) is 3.04. The maximum absolute atomic E-state index is 13.2. The van der Waals surface area contributed by atoms with E-state index in [1.54, 1.807) is 25.1 Å². The average Bonchev–Trinajstić information content (AvgIpc) is 2.38. The van der Waals surface area contributed by atoms with Crippen molar-refractivity contribution in [3.8, 4) is 0 Å². The van der Waals surface area contributed by atoms with Crippen LogP contribution in [-0.2, 0) is 0 Å². The van der Waals surface area contributed by atoms with Gasteiger partial charge in [0.25, 0.3) is 5.91 Å². The summed E-state index contributed by atoms with van der Waals surface area (Å²) in [6, 6.07) is 9.59. The Labute approximate surface area is 111 Å². The second kappa shape index (κ2) is 5.10. The molecule has 0 atom stereocenters. The maximum Gasteiger partial charge on any atom is 0.255 e. The number of rotatable bonds is 2. The second-order valence-electron chi connectivity index (χ2n) is 4.44. The van der Waals surface area contributed by atoms with Gasteiger partial charge in [-0.3, -0.25) is 4.79 Å². The van der Waals surface area contributed by atoms with Gasteiger partial charge in [-0.25, -0.2) is 4.39 Å². The third-order valence-corrected chi connectivity index (χ3v) is 3.04. The molecule has 0 saturated heterocycles. The van der Waals surface area contributed by atoms with Gasteiger partial charge in [-0.15, -0.1) is 0 Å². The highest BCUT2D eigenvalue weighted by Crippen LogP contribution is 2.21. The minimum absolute atomic E-state index is 0.281. The van der Waals surface area contributed by atoms with Crippen LogP contribution >= 0.6 is 0 Å². The lowest BCUT2D eigenvalue weighted by Crippen LogP contribution is -2.13. The smallest absolute Gasteiger partial charge is 0.255 e. The molecule has 2 aromatic carbocycles. The maximum atomic E-state index is 13.2. The quantitative estimate of drug-likeness (QED) is 0.812. The van der Waals surface area contributed by atoms with Gasteiger partial charge in [0.05, 0.1) is 0 Å². The largest absolute Gasteiger partial charge is 0.398 e. The van der Waals surface area contributed by atoms with E-state index in [4.69, 9.17) is 5.73 Å². The van der Waals surface area contributed by atoms with Crippen molar-refractivity contribution in [1.29, 1.82) is 0 Å². The average molecular weight is 258 g/mol. The van der Waals surface area contributed by atoms with Crippen LogP contribution in [0.2, 0.25) is 0 Å². The highest BCUT2D eigenvalue weighted by molar-refractivity contribution is 6.05. The predicted molar refractivity (Wildman–Crippen MR) is 74.7 cm³/mol. The molecule has 0 saturated carbocycles. The van der Waals surface area contributed by atoms with Gasteiger partial charge in [0.15, 0.2) is 0 Å². The normalized spacial score (nSPS) is 10.3. The topological polar surface area (TPSA) is 55.1 Å². The summed E-state index contributed by atoms with van der Waals surface area (Å²) in [5, 5.41) is 2.77. The van der Waals surface area contributed by atoms with E-state index >= 15 is 0 Å². The van der Waals surface area contributed by atoms with Crippen molar-refractivity contribution in [1.82, 2.24) is 0 Å². The van der Waals surface area contributed by atoms with Crippen LogP contribution in [0.5, 0.6) is 0 Å². The predicted octanol–water partition coefficient (Wildman–Crippen LogP) is 3.28. The SMILES string of the molecule is Cc1cc(C(=O)Nc2cccc(N)c2C)ccc1F. The number of aryl methyl sites for hydroxylation is 1. The van der Waals surface area contributed by atoms with E-state index in [0.717, 1.165) is 5.56 Å². The van der Waals surface area contributed by atoms with Gasteiger partial charge in [-0.2, -0.15) is 0 Å². The zero-order valence-electron chi connectivity index (χ0n) is 10.8. The molecule has 98 valence electrons. The number of nitrogen functional groups attached to an aromatic ring is 1. The van der Waals surface area contributed by atoms with E-state index in [1.807, 2.05) is 6.92 Å². The lowest BCUT2D eigenvalue weighted by atomic mass is 10.1. The van der Waals surface area contributed by atoms with E-state index in [-0.39, 0.29) is 11.7 Å². The monoisotopic (exact) mass is 258 g/mol. The highest BCUT2D eigenvalue weighted by Gasteiger charge is 2.10. The number of amides is 1. The van der Waals surface area contributed by atoms with Crippen LogP contribution in [0.4, 0.5) is 15.8 Å². The lowest BCUT2D eigenvalue weighted by Gasteiger charge is -2.10. The highest BCUT2D eigenvalue weighted by atomic mass is 19.1. The Kier molecular flexibility index (Phi) is 3.51. The number of carbonyl (C=O) groups excluding carboxylic acids is 1. The van der Waals surface area contributed by atoms with Crippen molar-refractivity contribution in [3.05, 3.63) is 58.9 Å². The molecular weight excluding hydrogens is 243 g/mol. The summed E-state index contributed by atoms with van der Waals surface area (Å²) in [5.74, 6) is -0.603. The first-order chi connectivity index (χ1) is 8.99. The number of anilines is 2. The van der Waals surface area contributed by atoms with Crippen molar-refractivity contribution in [2.45, 2.75) is 13.8 Å². The molecule has 19 heavy (non-hydrogen) atoms. The summed E-state index contributed by atoms with van der Waals surface area (Å²) in [6.45, 7) is 3.46. The fourth-order valence-electron chi connectivity index (χ4n) is 1.77. The van der Waals surface area contributed by atoms with Crippen molar-refractivity contribution < 1.29 is 9.18 Å². The number of hydrogen-bond acceptors (Lipinski definition) is 2. The van der Waals surface area contributed by atoms with Crippen LogP contribution in [0.15, 0.2) is 36.4 Å². The van der Waals surface area contributed by atoms with Crippen LogP contribution < -0.4 is 11.1 Å². The molecule has 3 N–H and O–H groups in total. The first-order valence-corrected chi connectivity index (χ1v) is 5.91. The number of hydrogen-bond donors (Lipinski definition) is 2. The number of nitrogens with one attached hydrogen (secondary N) is 1. The minimum Gasteiger partial charge on any atom is -0.398 e. The van der Waals surface area contributed by atoms with Crippen molar-refractivity contribution in [3.63, 3.8) is 0 Å². The Hall–Kier alpha value is -2.36. The number of benzene rings is 2. The molecule has 0 aliphatic heterocycles. The van der Waals surface area contributed by atoms with Gasteiger partial charge in [0.1, 0.15) is 5.82 Å². The van der Waals surface area contributed by atoms with Crippen molar-refractivity contribution in [2.24, 2.45) is 0 Å². The lowest BCUT2D eigenvalue weighted by molar-refractivity contribution is 0.102. The molecule has 0 bridgehead atoms. The summed E-state index contributed by atoms with van der Waals surface area (Å²) in [5.41, 5.74) is 8.73. The molecule has 0 fully saturated rings. The molecule has 1 amide bonds. The molecule has 0 aliphatic rings. The molecule has 4 heteroatoms. The number of halogens is 1. The van der Waals surface area contributed by atoms with Gasteiger partial charge >= 0.3 is 0 Å². The zero-order chi connectivity index (χ0) is 14.0. The molecule has 0 radical (unpaired) electrons. The van der Waals surface area contributed by atoms with Crippen LogP contribution in [0.1, 0.15) is 21.5 Å². The molecule has 0 heterocycles. The Balaban J connectivity index is 2.26. The summed E-state index contributed by atoms with van der Waals surface area (Å²) in [7, 11) is 0. The third kappa shape index (κ3) is 2.73. The van der Waals surface area contributed by atoms with Crippen LogP contribution in [0.25, 0.3) is 0 Å². The molecule has 0 aliphatic carbocycles. The molecule has 0 spiro atoms. The van der Waals surface area contributed by atoms with Crippen molar-refractivity contribution in [2.75, 3.05) is 11.1 Å². The molecule has 0 aromatic heterocycles. The fraction of sp³-hybridized carbons (Fsp3) is 0.133. The first-order valence-electron chi connectivity index (χ1n) is 5.91. The van der Waals surface area contributed by atoms with Crippen LogP contribution in [0, 0.1) is 19.7 Å². The van der Waals surface area contributed by atoms with Crippen molar-refractivity contribution >= 4 is 17.3 Å². The van der Waals surface area contributed by atoms with Crippen LogP contribution in [-0.4, -0.2) is 5.91 Å². The fourth-order valence-corrected chi connectivity index (χ4v) is 1.77. The van der Waals surface area contributed by atoms with E-state index in [9.17, 15) is 9.18 Å². The van der Waals surface area contributed by atoms with E-state index < -0.39 is 0 Å². The zero-order valence-corrected chi connectivity index (χ0v) is 10.8. The first kappa shape index (κ1) is 13.1. The Morgan fingerprint density at radius 2 is 1.95 bits per heavy atom. The molecular formula is C15H15FN2O. The van der Waals surface area contributed by atoms with E-state index in [0.29, 0.717) is 22.5 Å². The summed E-state index contributed by atoms with van der Waals surface area (Å²) in [4.78, 5) is 12.1. The summed E-state index contributed by atoms with van der Waals surface area (Å²) < 4.78 is 13.2. The van der Waals surface area contributed by atoms with E-state index in [1.165, 1.54) is 18.2 Å². The van der Waals surface area contributed by atoms with Gasteiger partial charge in [0.2, 0.25) is 0 Å². The summed E-state index contributed by atoms with van der Waals surface area (Å²) in [6.07, 6.45) is 0. The van der Waals surface area contributed by atoms with Gasteiger partial charge < -0.3 is 11.1 Å². The van der Waals surface area contributed by atoms with Gasteiger partial charge in [-0.05, 0) is 55.3 Å². The van der Waals surface area contributed by atoms with E-state index in [2.05, 4.69) is 5.32 Å². The van der Waals surface area contributed by atoms with Crippen LogP contribution in [0.3, 0.4) is 0 Å². The molecule has 2 aromatic rings. The Morgan fingerprint density at radius 3 is 2.63 bits per heavy atom. The molecule has 0 unspecified atom stereocenters. The Morgan fingerprint density at radius 1 is 1.21 bits per heavy atom. The molecule has 2 rings (SSSR count). The van der Waals surface area contributed by atoms with Gasteiger partial charge in [-0.1, -0.05) is 6.07 Å². The molecule has 3 nitrogen and oxygen atoms in total. The summed E-state index contributed by atoms with van der Waals surface area (Å²) >= 11 is 0. The standard InChI is InChI=1S/C15H15FN2O/c1-9-8-11(6-7-12(9)16)15(19)18-14-5-3-4-13(17)10(14)2/h3-8H,17H2,1-2H3,(H,18,19). The Bertz CT molecular complexity index is 638. The van der Waals surface area contributed by atoms with Gasteiger partial charge in [0, 0.05) is 16.9 Å². The minimum atomic E-state index is -0.323. The number of carbonyl (C=O) groups is 1. The number of nitrogens with two attached hydrogens (primary N) is 1. The second-order valence-corrected chi connectivity index (χ2v) is 4.44.